The van der Waals surface area contributed by atoms with Crippen molar-refractivity contribution in [2.45, 2.75) is 18.8 Å². The lowest BCUT2D eigenvalue weighted by atomic mass is 10.2. The molecule has 2 atom stereocenters. The van der Waals surface area contributed by atoms with Crippen molar-refractivity contribution in [3.8, 4) is 0 Å². The second kappa shape index (κ2) is 4.80. The summed E-state index contributed by atoms with van der Waals surface area (Å²) < 4.78 is 13.0. The summed E-state index contributed by atoms with van der Waals surface area (Å²) in [4.78, 5) is 13.1. The molecule has 0 saturated heterocycles. The van der Waals surface area contributed by atoms with E-state index in [0.29, 0.717) is 0 Å². The molecule has 8 heteroatoms. The van der Waals surface area contributed by atoms with Gasteiger partial charge in [0.15, 0.2) is 0 Å². The summed E-state index contributed by atoms with van der Waals surface area (Å²) in [6.07, 6.45) is -0.492. The summed E-state index contributed by atoms with van der Waals surface area (Å²) in [5.74, 6) is -0.458. The molecule has 0 bridgehead atoms. The van der Waals surface area contributed by atoms with Crippen molar-refractivity contribution in [3.05, 3.63) is 22.5 Å². The molecule has 1 aromatic rings. The third-order valence-corrected chi connectivity index (χ3v) is 1.84. The van der Waals surface area contributed by atoms with Gasteiger partial charge in [-0.2, -0.15) is 0 Å². The van der Waals surface area contributed by atoms with Gasteiger partial charge >= 0.3 is 5.95 Å². The topological polar surface area (TPSA) is 101 Å². The molecule has 0 radical (unpaired) electrons. The number of aromatic nitrogens is 2. The van der Waals surface area contributed by atoms with E-state index < -0.39 is 29.8 Å². The quantitative estimate of drug-likeness (QED) is 0.511. The van der Waals surface area contributed by atoms with E-state index in [-0.39, 0.29) is 6.54 Å². The van der Waals surface area contributed by atoms with Crippen molar-refractivity contribution in [1.82, 2.24) is 9.55 Å². The first-order valence-corrected chi connectivity index (χ1v) is 4.14. The highest BCUT2D eigenvalue weighted by atomic mass is 18.2. The Balaban J connectivity index is 2.72. The Hall–Kier alpha value is -1.54. The SMILES string of the molecule is O=[N+]([O-])c1nccn1C[C@@H](O)[C@@H](O)C[18F]. The molecular formula is C7H10FN3O4. The third kappa shape index (κ3) is 2.70. The fourth-order valence-electron chi connectivity index (χ4n) is 1.04. The highest BCUT2D eigenvalue weighted by Gasteiger charge is 2.22. The highest BCUT2D eigenvalue weighted by Crippen LogP contribution is 2.09. The number of nitrogens with zero attached hydrogens (tertiary/aromatic N) is 3. The van der Waals surface area contributed by atoms with Gasteiger partial charge in [0.1, 0.15) is 37.8 Å². The van der Waals surface area contributed by atoms with Crippen LogP contribution in [0.1, 0.15) is 0 Å². The maximum Gasteiger partial charge on any atom is 0.434 e. The van der Waals surface area contributed by atoms with Crippen LogP contribution in [0.15, 0.2) is 12.4 Å². The molecule has 0 aliphatic rings. The zero-order chi connectivity index (χ0) is 11.4. The minimum atomic E-state index is -1.55. The standard InChI is InChI=1S/C7H10FN3O4/c8-3-5(12)6(13)4-10-2-1-9-7(10)11(14)15/h1-2,5-6,12-13H,3-4H2/t5-,6+/m0/s1/i8-1. The van der Waals surface area contributed by atoms with Gasteiger partial charge in [0.05, 0.1) is 0 Å². The normalized spacial score (nSPS) is 14.9. The Bertz CT molecular complexity index is 343. The van der Waals surface area contributed by atoms with Crippen molar-refractivity contribution in [2.75, 3.05) is 6.67 Å². The zero-order valence-corrected chi connectivity index (χ0v) is 7.65. The summed E-state index contributed by atoms with van der Waals surface area (Å²) in [6.45, 7) is -1.38. The summed E-state index contributed by atoms with van der Waals surface area (Å²) in [7, 11) is 0. The van der Waals surface area contributed by atoms with Crippen LogP contribution in [0.4, 0.5) is 10.3 Å². The number of hydrogen-bond acceptors (Lipinski definition) is 5. The largest absolute Gasteiger partial charge is 0.434 e. The minimum absolute atomic E-state index is 0.276. The zero-order valence-electron chi connectivity index (χ0n) is 7.65. The van der Waals surface area contributed by atoms with Crippen LogP contribution in [-0.4, -0.2) is 43.6 Å². The molecule has 1 aromatic heterocycles. The van der Waals surface area contributed by atoms with E-state index in [1.165, 1.54) is 12.4 Å². The molecule has 0 aromatic carbocycles. The fraction of sp³-hybridized carbons (Fsp3) is 0.571. The lowest BCUT2D eigenvalue weighted by Gasteiger charge is -2.13. The Kier molecular flexibility index (Phi) is 3.69. The van der Waals surface area contributed by atoms with E-state index in [0.717, 1.165) is 4.57 Å². The molecule has 7 nitrogen and oxygen atoms in total. The monoisotopic (exact) mass is 218 g/mol. The number of imidazole rings is 1. The summed E-state index contributed by atoms with van der Waals surface area (Å²) in [6, 6.07) is 0. The van der Waals surface area contributed by atoms with Gasteiger partial charge in [-0.15, -0.1) is 0 Å². The Morgan fingerprint density at radius 2 is 2.27 bits per heavy atom. The second-order valence-corrected chi connectivity index (χ2v) is 2.93. The first kappa shape index (κ1) is 11.5. The number of rotatable bonds is 5. The van der Waals surface area contributed by atoms with Gasteiger partial charge in [0, 0.05) is 0 Å². The smallest absolute Gasteiger partial charge is 0.390 e. The summed E-state index contributed by atoms with van der Waals surface area (Å²) >= 11 is 0. The van der Waals surface area contributed by atoms with Crippen LogP contribution >= 0.6 is 0 Å². The molecule has 0 spiro atoms. The number of hydrogen-bond donors (Lipinski definition) is 2. The van der Waals surface area contributed by atoms with Gasteiger partial charge in [-0.1, -0.05) is 4.98 Å². The number of aliphatic hydroxyl groups excluding tert-OH is 2. The van der Waals surface area contributed by atoms with Gasteiger partial charge < -0.3 is 20.3 Å². The van der Waals surface area contributed by atoms with Gasteiger partial charge in [-0.05, 0) is 4.92 Å². The van der Waals surface area contributed by atoms with E-state index in [4.69, 9.17) is 5.11 Å². The molecule has 15 heavy (non-hydrogen) atoms. The van der Waals surface area contributed by atoms with Gasteiger partial charge in [0.2, 0.25) is 0 Å². The van der Waals surface area contributed by atoms with Crippen LogP contribution in [-0.2, 0) is 6.54 Å². The van der Waals surface area contributed by atoms with Crippen molar-refractivity contribution >= 4 is 5.95 Å². The van der Waals surface area contributed by atoms with Gasteiger partial charge in [-0.3, -0.25) is 0 Å². The predicted molar refractivity (Wildman–Crippen MR) is 46.9 cm³/mol. The number of aliphatic hydroxyl groups is 2. The number of alkyl halides is 1. The van der Waals surface area contributed by atoms with E-state index in [2.05, 4.69) is 4.98 Å². The molecule has 0 fully saturated rings. The van der Waals surface area contributed by atoms with Crippen molar-refractivity contribution in [2.24, 2.45) is 0 Å². The van der Waals surface area contributed by atoms with Crippen LogP contribution in [0, 0.1) is 10.1 Å². The average molecular weight is 218 g/mol. The molecule has 84 valence electrons. The lowest BCUT2D eigenvalue weighted by molar-refractivity contribution is -0.397. The molecule has 0 saturated carbocycles. The van der Waals surface area contributed by atoms with Crippen LogP contribution in [0.2, 0.25) is 0 Å². The number of halogens is 1. The summed E-state index contributed by atoms with van der Waals surface area (Å²) in [5.41, 5.74) is 0. The van der Waals surface area contributed by atoms with Crippen LogP contribution < -0.4 is 0 Å². The Morgan fingerprint density at radius 3 is 2.80 bits per heavy atom. The molecule has 0 amide bonds. The Labute approximate surface area is 83.9 Å². The lowest BCUT2D eigenvalue weighted by Crippen LogP contribution is -2.32. The maximum absolute atomic E-state index is 12.0. The first-order valence-electron chi connectivity index (χ1n) is 4.14. The summed E-state index contributed by atoms with van der Waals surface area (Å²) in [5, 5.41) is 28.6. The van der Waals surface area contributed by atoms with Gasteiger partial charge in [-0.25, -0.2) is 8.96 Å². The van der Waals surface area contributed by atoms with Crippen LogP contribution in [0.5, 0.6) is 0 Å². The first-order chi connectivity index (χ1) is 7.06. The highest BCUT2D eigenvalue weighted by molar-refractivity contribution is 5.06. The third-order valence-electron chi connectivity index (χ3n) is 1.84. The molecule has 0 aliphatic heterocycles. The minimum Gasteiger partial charge on any atom is -0.390 e. The second-order valence-electron chi connectivity index (χ2n) is 2.93. The van der Waals surface area contributed by atoms with Crippen molar-refractivity contribution < 1.29 is 19.5 Å². The van der Waals surface area contributed by atoms with E-state index in [1.54, 1.807) is 0 Å². The van der Waals surface area contributed by atoms with Crippen molar-refractivity contribution in [1.29, 1.82) is 0 Å². The van der Waals surface area contributed by atoms with E-state index >= 15 is 0 Å². The molecular weight excluding hydrogens is 208 g/mol. The van der Waals surface area contributed by atoms with Gasteiger partial charge in [0.25, 0.3) is 0 Å². The van der Waals surface area contributed by atoms with Crippen LogP contribution in [0.3, 0.4) is 0 Å². The maximum atomic E-state index is 12.0. The fourth-order valence-corrected chi connectivity index (χ4v) is 1.04. The molecule has 1 heterocycles. The van der Waals surface area contributed by atoms with Crippen LogP contribution in [0.25, 0.3) is 0 Å². The van der Waals surface area contributed by atoms with E-state index in [1.807, 2.05) is 0 Å². The molecule has 0 aliphatic carbocycles. The predicted octanol–water partition coefficient (Wildman–Crippen LogP) is -0.517. The number of nitro groups is 1. The Morgan fingerprint density at radius 1 is 1.60 bits per heavy atom. The average Bonchev–Trinajstić information content (AvgIpc) is 2.64. The molecule has 2 N–H and O–H groups in total. The van der Waals surface area contributed by atoms with E-state index in [9.17, 15) is 19.6 Å². The molecule has 1 rings (SSSR count). The van der Waals surface area contributed by atoms with Crippen molar-refractivity contribution in [3.63, 3.8) is 0 Å². The molecule has 0 unspecified atom stereocenters.